The Morgan fingerprint density at radius 1 is 0.933 bits per heavy atom. The summed E-state index contributed by atoms with van der Waals surface area (Å²) in [5, 5.41) is 0.147. The Morgan fingerprint density at radius 2 is 1.67 bits per heavy atom. The number of benzene rings is 3. The lowest BCUT2D eigenvalue weighted by atomic mass is 10.1. The van der Waals surface area contributed by atoms with E-state index >= 15 is 0 Å². The summed E-state index contributed by atoms with van der Waals surface area (Å²) >= 11 is 5.93. The maximum Gasteiger partial charge on any atom is 0.338 e. The largest absolute Gasteiger partial charge is 0.457 e. The minimum atomic E-state index is -0.751. The number of ether oxygens (including phenoxy) is 1. The lowest BCUT2D eigenvalue weighted by Gasteiger charge is -2.13. The van der Waals surface area contributed by atoms with E-state index in [1.807, 2.05) is 30.3 Å². The summed E-state index contributed by atoms with van der Waals surface area (Å²) in [5.41, 5.74) is 1.32. The maximum absolute atomic E-state index is 13.8. The van der Waals surface area contributed by atoms with Crippen molar-refractivity contribution in [3.63, 3.8) is 0 Å². The van der Waals surface area contributed by atoms with E-state index in [4.69, 9.17) is 16.3 Å². The highest BCUT2D eigenvalue weighted by Gasteiger charge is 2.36. The molecule has 1 heterocycles. The van der Waals surface area contributed by atoms with Crippen molar-refractivity contribution in [3.8, 4) is 0 Å². The summed E-state index contributed by atoms with van der Waals surface area (Å²) in [6.45, 7) is -0.215. The number of fused-ring (bicyclic) bond motifs is 1. The minimum absolute atomic E-state index is 0.0639. The van der Waals surface area contributed by atoms with Gasteiger partial charge in [-0.25, -0.2) is 9.18 Å². The molecule has 1 aliphatic heterocycles. The number of nitrogens with zero attached hydrogens (tertiary/aromatic N) is 1. The van der Waals surface area contributed by atoms with E-state index in [-0.39, 0.29) is 40.4 Å². The van der Waals surface area contributed by atoms with Crippen LogP contribution in [0.5, 0.6) is 0 Å². The highest BCUT2D eigenvalue weighted by molar-refractivity contribution is 6.31. The predicted molar refractivity (Wildman–Crippen MR) is 108 cm³/mol. The molecule has 0 aliphatic carbocycles. The Kier molecular flexibility index (Phi) is 5.33. The van der Waals surface area contributed by atoms with Crippen LogP contribution in [0.15, 0.2) is 66.7 Å². The van der Waals surface area contributed by atoms with Crippen LogP contribution in [0.4, 0.5) is 4.39 Å². The highest BCUT2D eigenvalue weighted by atomic mass is 35.5. The first-order chi connectivity index (χ1) is 14.5. The van der Waals surface area contributed by atoms with Crippen LogP contribution in [0, 0.1) is 5.82 Å². The van der Waals surface area contributed by atoms with Gasteiger partial charge >= 0.3 is 5.97 Å². The van der Waals surface area contributed by atoms with Crippen LogP contribution in [-0.4, -0.2) is 22.7 Å². The fraction of sp³-hybridized carbons (Fsp3) is 0.0870. The summed E-state index contributed by atoms with van der Waals surface area (Å²) in [5.74, 6) is -2.23. The predicted octanol–water partition coefficient (Wildman–Crippen LogP) is 4.63. The van der Waals surface area contributed by atoms with Crippen molar-refractivity contribution in [1.29, 1.82) is 0 Å². The zero-order valence-electron chi connectivity index (χ0n) is 15.6. The number of carbonyl (C=O) groups is 3. The van der Waals surface area contributed by atoms with Gasteiger partial charge in [-0.3, -0.25) is 14.5 Å². The second-order valence-electron chi connectivity index (χ2n) is 6.72. The molecule has 0 fully saturated rings. The van der Waals surface area contributed by atoms with E-state index in [1.165, 1.54) is 36.4 Å². The van der Waals surface area contributed by atoms with Crippen LogP contribution in [0.3, 0.4) is 0 Å². The van der Waals surface area contributed by atoms with E-state index in [2.05, 4.69) is 0 Å². The number of rotatable bonds is 5. The smallest absolute Gasteiger partial charge is 0.338 e. The Labute approximate surface area is 176 Å². The van der Waals surface area contributed by atoms with E-state index in [1.54, 1.807) is 0 Å². The van der Waals surface area contributed by atoms with E-state index in [0.717, 1.165) is 10.5 Å². The summed E-state index contributed by atoms with van der Waals surface area (Å²) < 4.78 is 19.0. The van der Waals surface area contributed by atoms with Gasteiger partial charge in [-0.2, -0.15) is 0 Å². The highest BCUT2D eigenvalue weighted by Crippen LogP contribution is 2.26. The molecule has 3 aromatic carbocycles. The fourth-order valence-electron chi connectivity index (χ4n) is 3.22. The first-order valence-electron chi connectivity index (χ1n) is 9.10. The van der Waals surface area contributed by atoms with Crippen LogP contribution in [0.1, 0.15) is 42.2 Å². The van der Waals surface area contributed by atoms with E-state index in [0.29, 0.717) is 0 Å². The molecule has 0 bridgehead atoms. The number of esters is 1. The molecule has 0 aromatic heterocycles. The molecule has 4 rings (SSSR count). The van der Waals surface area contributed by atoms with Gasteiger partial charge in [-0.1, -0.05) is 48.0 Å². The van der Waals surface area contributed by atoms with Gasteiger partial charge in [-0.15, -0.1) is 0 Å². The molecule has 0 unspecified atom stereocenters. The number of carbonyl (C=O) groups excluding carboxylic acids is 3. The van der Waals surface area contributed by atoms with E-state index in [9.17, 15) is 18.8 Å². The molecule has 2 amide bonds. The second-order valence-corrected chi connectivity index (χ2v) is 7.13. The monoisotopic (exact) mass is 423 g/mol. The molecule has 1 aliphatic rings. The maximum atomic E-state index is 13.8. The summed E-state index contributed by atoms with van der Waals surface area (Å²) in [4.78, 5) is 38.9. The molecule has 0 saturated heterocycles. The number of imide groups is 1. The minimum Gasteiger partial charge on any atom is -0.457 e. The van der Waals surface area contributed by atoms with Crippen molar-refractivity contribution >= 4 is 29.4 Å². The van der Waals surface area contributed by atoms with E-state index < -0.39 is 23.6 Å². The second kappa shape index (κ2) is 8.08. The van der Waals surface area contributed by atoms with Gasteiger partial charge in [0.15, 0.2) is 0 Å². The molecular formula is C23H15ClFNO4. The average Bonchev–Trinajstić information content (AvgIpc) is 2.98. The van der Waals surface area contributed by atoms with Gasteiger partial charge in [0, 0.05) is 5.56 Å². The SMILES string of the molecule is O=C(OCc1c(F)cccc1Cl)c1ccc2c(c1)C(=O)N(Cc1ccccc1)C2=O. The molecule has 0 radical (unpaired) electrons. The van der Waals surface area contributed by atoms with Gasteiger partial charge < -0.3 is 4.74 Å². The molecule has 0 saturated carbocycles. The molecule has 0 N–H and O–H groups in total. The molecule has 5 nitrogen and oxygen atoms in total. The van der Waals surface area contributed by atoms with Crippen molar-refractivity contribution in [3.05, 3.63) is 105 Å². The van der Waals surface area contributed by atoms with Crippen molar-refractivity contribution in [1.82, 2.24) is 4.90 Å². The van der Waals surface area contributed by atoms with Crippen molar-refractivity contribution < 1.29 is 23.5 Å². The van der Waals surface area contributed by atoms with Crippen LogP contribution >= 0.6 is 11.6 Å². The average molecular weight is 424 g/mol. The molecule has 0 spiro atoms. The molecule has 150 valence electrons. The van der Waals surface area contributed by atoms with Gasteiger partial charge in [0.05, 0.1) is 28.3 Å². The van der Waals surface area contributed by atoms with Crippen LogP contribution in [-0.2, 0) is 17.9 Å². The third kappa shape index (κ3) is 3.69. The zero-order valence-corrected chi connectivity index (χ0v) is 16.4. The molecule has 30 heavy (non-hydrogen) atoms. The molecular weight excluding hydrogens is 409 g/mol. The number of halogens is 2. The Balaban J connectivity index is 1.52. The van der Waals surface area contributed by atoms with Crippen LogP contribution < -0.4 is 0 Å². The summed E-state index contributed by atoms with van der Waals surface area (Å²) in [7, 11) is 0. The third-order valence-corrected chi connectivity index (χ3v) is 5.15. The van der Waals surface area contributed by atoms with Crippen LogP contribution in [0.2, 0.25) is 5.02 Å². The first kappa shape index (κ1) is 19.8. The van der Waals surface area contributed by atoms with Crippen molar-refractivity contribution in [2.75, 3.05) is 0 Å². The quantitative estimate of drug-likeness (QED) is 0.443. The van der Waals surface area contributed by atoms with Crippen LogP contribution in [0.25, 0.3) is 0 Å². The molecule has 3 aromatic rings. The van der Waals surface area contributed by atoms with Gasteiger partial charge in [0.25, 0.3) is 11.8 Å². The first-order valence-corrected chi connectivity index (χ1v) is 9.47. The zero-order chi connectivity index (χ0) is 21.3. The number of hydrogen-bond acceptors (Lipinski definition) is 4. The lowest BCUT2D eigenvalue weighted by Crippen LogP contribution is -2.29. The third-order valence-electron chi connectivity index (χ3n) is 4.80. The van der Waals surface area contributed by atoms with Gasteiger partial charge in [0.2, 0.25) is 0 Å². The van der Waals surface area contributed by atoms with Gasteiger partial charge in [-0.05, 0) is 35.9 Å². The molecule has 0 atom stereocenters. The van der Waals surface area contributed by atoms with Crippen molar-refractivity contribution in [2.45, 2.75) is 13.2 Å². The Bertz CT molecular complexity index is 1140. The Morgan fingerprint density at radius 3 is 2.40 bits per heavy atom. The Hall–Kier alpha value is -3.51. The summed E-state index contributed by atoms with van der Waals surface area (Å²) in [6, 6.07) is 17.4. The molecule has 7 heteroatoms. The van der Waals surface area contributed by atoms with Gasteiger partial charge in [0.1, 0.15) is 12.4 Å². The lowest BCUT2D eigenvalue weighted by molar-refractivity contribution is 0.0468. The standard InChI is InChI=1S/C23H15ClFNO4/c24-19-7-4-8-20(25)18(19)13-30-23(29)15-9-10-16-17(11-15)22(28)26(21(16)27)12-14-5-2-1-3-6-14/h1-11H,12-13H2. The summed E-state index contributed by atoms with van der Waals surface area (Å²) in [6.07, 6.45) is 0. The normalized spacial score (nSPS) is 12.8. The number of hydrogen-bond donors (Lipinski definition) is 0. The van der Waals surface area contributed by atoms with Crippen molar-refractivity contribution in [2.24, 2.45) is 0 Å². The fourth-order valence-corrected chi connectivity index (χ4v) is 3.44. The topological polar surface area (TPSA) is 63.7 Å². The number of amides is 2.